The highest BCUT2D eigenvalue weighted by atomic mass is 16.5. The van der Waals surface area contributed by atoms with E-state index >= 15 is 0 Å². The lowest BCUT2D eigenvalue weighted by molar-refractivity contribution is -0.123. The molecule has 2 aromatic rings. The summed E-state index contributed by atoms with van der Waals surface area (Å²) in [4.78, 5) is 14.8. The Bertz CT molecular complexity index is 869. The molecule has 5 nitrogen and oxygen atoms in total. The highest BCUT2D eigenvalue weighted by molar-refractivity contribution is 5.77. The Morgan fingerprint density at radius 2 is 1.97 bits per heavy atom. The molecule has 2 unspecified atom stereocenters. The van der Waals surface area contributed by atoms with Gasteiger partial charge in [0.05, 0.1) is 0 Å². The molecule has 2 heterocycles. The molecule has 2 N–H and O–H groups in total. The summed E-state index contributed by atoms with van der Waals surface area (Å²) in [5, 5.41) is 6.57. The highest BCUT2D eigenvalue weighted by Crippen LogP contribution is 2.34. The van der Waals surface area contributed by atoms with E-state index in [1.165, 1.54) is 23.1 Å². The van der Waals surface area contributed by atoms with Gasteiger partial charge < -0.3 is 15.4 Å². The van der Waals surface area contributed by atoms with Crippen LogP contribution in [0.1, 0.15) is 48.8 Å². The lowest BCUT2D eigenvalue weighted by atomic mass is 9.85. The molecular formula is C26H35N3O2. The SMILES string of the molecule is CC1NCCCC1c1ccccc1OCC(=O)NCCCN1CCc2ccccc2C1. The van der Waals surface area contributed by atoms with Crippen molar-refractivity contribution < 1.29 is 9.53 Å². The van der Waals surface area contributed by atoms with E-state index in [1.807, 2.05) is 12.1 Å². The molecule has 0 bridgehead atoms. The standard InChI is InChI=1S/C26H35N3O2/c1-20-23(11-6-14-27-20)24-10-4-5-12-25(24)31-19-26(30)28-15-7-16-29-17-13-21-8-2-3-9-22(21)18-29/h2-5,8-10,12,20,23,27H,6-7,11,13-19H2,1H3,(H,28,30). The fourth-order valence-corrected chi connectivity index (χ4v) is 4.86. The smallest absolute Gasteiger partial charge is 0.257 e. The van der Waals surface area contributed by atoms with Crippen molar-refractivity contribution >= 4 is 5.91 Å². The van der Waals surface area contributed by atoms with Gasteiger partial charge in [-0.25, -0.2) is 0 Å². The number of hydrogen-bond acceptors (Lipinski definition) is 4. The Morgan fingerprint density at radius 3 is 2.84 bits per heavy atom. The van der Waals surface area contributed by atoms with Gasteiger partial charge in [-0.3, -0.25) is 9.69 Å². The van der Waals surface area contributed by atoms with Crippen molar-refractivity contribution in [1.82, 2.24) is 15.5 Å². The second-order valence-corrected chi connectivity index (χ2v) is 8.82. The van der Waals surface area contributed by atoms with Crippen molar-refractivity contribution in [1.29, 1.82) is 0 Å². The lowest BCUT2D eigenvalue weighted by Gasteiger charge is -2.31. The van der Waals surface area contributed by atoms with Gasteiger partial charge >= 0.3 is 0 Å². The number of nitrogens with zero attached hydrogens (tertiary/aromatic N) is 1. The maximum absolute atomic E-state index is 12.3. The molecule has 0 radical (unpaired) electrons. The first-order valence-electron chi connectivity index (χ1n) is 11.7. The molecule has 166 valence electrons. The number of para-hydroxylation sites is 1. The molecule has 1 amide bonds. The van der Waals surface area contributed by atoms with Crippen molar-refractivity contribution in [3.63, 3.8) is 0 Å². The average Bonchev–Trinajstić information content (AvgIpc) is 2.81. The van der Waals surface area contributed by atoms with Crippen LogP contribution in [0, 0.1) is 0 Å². The first-order chi connectivity index (χ1) is 15.2. The first-order valence-corrected chi connectivity index (χ1v) is 11.7. The summed E-state index contributed by atoms with van der Waals surface area (Å²) >= 11 is 0. The Morgan fingerprint density at radius 1 is 1.16 bits per heavy atom. The summed E-state index contributed by atoms with van der Waals surface area (Å²) in [5.74, 6) is 1.22. The quantitative estimate of drug-likeness (QED) is 0.641. The van der Waals surface area contributed by atoms with Crippen molar-refractivity contribution in [2.24, 2.45) is 0 Å². The largest absolute Gasteiger partial charge is 0.483 e. The molecule has 2 atom stereocenters. The van der Waals surface area contributed by atoms with Gasteiger partial charge in [-0.1, -0.05) is 42.5 Å². The highest BCUT2D eigenvalue weighted by Gasteiger charge is 2.25. The zero-order chi connectivity index (χ0) is 21.5. The number of hydrogen-bond donors (Lipinski definition) is 2. The van der Waals surface area contributed by atoms with Gasteiger partial charge in [0.2, 0.25) is 0 Å². The molecule has 0 aromatic heterocycles. The van der Waals surface area contributed by atoms with Gasteiger partial charge in [-0.2, -0.15) is 0 Å². The van der Waals surface area contributed by atoms with Crippen LogP contribution in [0.25, 0.3) is 0 Å². The van der Waals surface area contributed by atoms with Crippen LogP contribution in [0.5, 0.6) is 5.75 Å². The second-order valence-electron chi connectivity index (χ2n) is 8.82. The lowest BCUT2D eigenvalue weighted by Crippen LogP contribution is -2.38. The minimum Gasteiger partial charge on any atom is -0.483 e. The third kappa shape index (κ3) is 5.86. The molecule has 1 saturated heterocycles. The number of rotatable bonds is 8. The van der Waals surface area contributed by atoms with Gasteiger partial charge in [0, 0.05) is 38.1 Å². The maximum Gasteiger partial charge on any atom is 0.257 e. The van der Waals surface area contributed by atoms with E-state index < -0.39 is 0 Å². The number of ether oxygens (including phenoxy) is 1. The molecule has 0 saturated carbocycles. The molecule has 2 aliphatic rings. The molecule has 5 heteroatoms. The first kappa shape index (κ1) is 21.8. The van der Waals surface area contributed by atoms with E-state index in [1.54, 1.807) is 0 Å². The van der Waals surface area contributed by atoms with Crippen LogP contribution in [-0.4, -0.2) is 49.6 Å². The number of carbonyl (C=O) groups excluding carboxylic acids is 1. The molecule has 2 aromatic carbocycles. The van der Waals surface area contributed by atoms with E-state index in [0.717, 1.165) is 51.2 Å². The molecular weight excluding hydrogens is 386 g/mol. The van der Waals surface area contributed by atoms with Crippen LogP contribution < -0.4 is 15.4 Å². The predicted octanol–water partition coefficient (Wildman–Crippen LogP) is 3.49. The minimum atomic E-state index is -0.0476. The Labute approximate surface area is 186 Å². The van der Waals surface area contributed by atoms with Crippen molar-refractivity contribution in [2.75, 3.05) is 32.8 Å². The third-order valence-electron chi connectivity index (χ3n) is 6.62. The number of fused-ring (bicyclic) bond motifs is 1. The number of nitrogens with one attached hydrogen (secondary N) is 2. The maximum atomic E-state index is 12.3. The zero-order valence-corrected chi connectivity index (χ0v) is 18.6. The van der Waals surface area contributed by atoms with Gasteiger partial charge in [-0.15, -0.1) is 0 Å². The molecule has 0 spiro atoms. The van der Waals surface area contributed by atoms with Crippen LogP contribution in [0.15, 0.2) is 48.5 Å². The molecule has 4 rings (SSSR count). The third-order valence-corrected chi connectivity index (χ3v) is 6.62. The van der Waals surface area contributed by atoms with Gasteiger partial charge in [0.25, 0.3) is 5.91 Å². The van der Waals surface area contributed by atoms with E-state index in [-0.39, 0.29) is 12.5 Å². The summed E-state index contributed by atoms with van der Waals surface area (Å²) in [6.07, 6.45) is 4.40. The summed E-state index contributed by atoms with van der Waals surface area (Å²) in [6, 6.07) is 17.3. The number of piperidine rings is 1. The fourth-order valence-electron chi connectivity index (χ4n) is 4.86. The average molecular weight is 422 g/mol. The molecule has 31 heavy (non-hydrogen) atoms. The number of carbonyl (C=O) groups is 1. The monoisotopic (exact) mass is 421 g/mol. The Balaban J connectivity index is 1.18. The second kappa shape index (κ2) is 10.8. The van der Waals surface area contributed by atoms with E-state index in [2.05, 4.69) is 58.9 Å². The zero-order valence-electron chi connectivity index (χ0n) is 18.6. The fraction of sp³-hybridized carbons (Fsp3) is 0.500. The van der Waals surface area contributed by atoms with Crippen LogP contribution in [0.4, 0.5) is 0 Å². The van der Waals surface area contributed by atoms with Crippen LogP contribution in [0.3, 0.4) is 0 Å². The van der Waals surface area contributed by atoms with Crippen molar-refractivity contribution in [3.05, 3.63) is 65.2 Å². The van der Waals surface area contributed by atoms with Crippen LogP contribution in [-0.2, 0) is 17.8 Å². The minimum absolute atomic E-state index is 0.0476. The van der Waals surface area contributed by atoms with E-state index in [0.29, 0.717) is 18.5 Å². The topological polar surface area (TPSA) is 53.6 Å². The molecule has 1 fully saturated rings. The van der Waals surface area contributed by atoms with Crippen molar-refractivity contribution in [3.8, 4) is 5.75 Å². The summed E-state index contributed by atoms with van der Waals surface area (Å²) in [7, 11) is 0. The van der Waals surface area contributed by atoms with Gasteiger partial charge in [0.1, 0.15) is 5.75 Å². The Hall–Kier alpha value is -2.37. The van der Waals surface area contributed by atoms with E-state index in [9.17, 15) is 4.79 Å². The van der Waals surface area contributed by atoms with Gasteiger partial charge in [0.15, 0.2) is 6.61 Å². The number of amides is 1. The summed E-state index contributed by atoms with van der Waals surface area (Å²) in [5.41, 5.74) is 4.12. The molecule has 0 aliphatic carbocycles. The predicted molar refractivity (Wildman–Crippen MR) is 124 cm³/mol. The van der Waals surface area contributed by atoms with Gasteiger partial charge in [-0.05, 0) is 61.9 Å². The van der Waals surface area contributed by atoms with Crippen LogP contribution >= 0.6 is 0 Å². The normalized spacial score (nSPS) is 21.3. The molecule has 2 aliphatic heterocycles. The van der Waals surface area contributed by atoms with E-state index in [4.69, 9.17) is 4.74 Å². The summed E-state index contributed by atoms with van der Waals surface area (Å²) < 4.78 is 5.94. The number of benzene rings is 2. The van der Waals surface area contributed by atoms with Crippen molar-refractivity contribution in [2.45, 2.75) is 51.1 Å². The summed E-state index contributed by atoms with van der Waals surface area (Å²) in [6.45, 7) is 7.18. The Kier molecular flexibility index (Phi) is 7.60. The van der Waals surface area contributed by atoms with Crippen LogP contribution in [0.2, 0.25) is 0 Å².